The lowest BCUT2D eigenvalue weighted by molar-refractivity contribution is 0.103. The summed E-state index contributed by atoms with van der Waals surface area (Å²) in [6.07, 6.45) is 3.97. The average Bonchev–Trinajstić information content (AvgIpc) is 3.13. The molecule has 3 rings (SSSR count). The van der Waals surface area contributed by atoms with Gasteiger partial charge in [-0.2, -0.15) is 0 Å². The van der Waals surface area contributed by atoms with Gasteiger partial charge < -0.3 is 10.1 Å². The molecule has 3 aromatic rings. The third kappa shape index (κ3) is 5.13. The highest BCUT2D eigenvalue weighted by Gasteiger charge is 2.12. The summed E-state index contributed by atoms with van der Waals surface area (Å²) in [6.45, 7) is 2.35. The number of nitrogens with one attached hydrogen (secondary N) is 1. The van der Waals surface area contributed by atoms with E-state index in [9.17, 15) is 4.79 Å². The molecule has 0 saturated heterocycles. The van der Waals surface area contributed by atoms with Crippen molar-refractivity contribution in [3.05, 3.63) is 86.0 Å². The first-order chi connectivity index (χ1) is 13.1. The van der Waals surface area contributed by atoms with Crippen LogP contribution in [0.5, 0.6) is 5.75 Å². The molecular formula is C21H17Cl2NO2S. The van der Waals surface area contributed by atoms with Crippen LogP contribution in [0.25, 0.3) is 6.08 Å². The quantitative estimate of drug-likeness (QED) is 0.472. The van der Waals surface area contributed by atoms with Crippen LogP contribution >= 0.6 is 34.5 Å². The zero-order valence-electron chi connectivity index (χ0n) is 14.5. The van der Waals surface area contributed by atoms with Gasteiger partial charge in [0.2, 0.25) is 0 Å². The van der Waals surface area contributed by atoms with E-state index in [1.807, 2.05) is 54.8 Å². The zero-order valence-corrected chi connectivity index (χ0v) is 16.9. The van der Waals surface area contributed by atoms with Gasteiger partial charge in [-0.25, -0.2) is 0 Å². The Morgan fingerprint density at radius 2 is 2.00 bits per heavy atom. The number of allylic oxidation sites excluding steroid dienone is 1. The van der Waals surface area contributed by atoms with E-state index in [2.05, 4.69) is 5.32 Å². The van der Waals surface area contributed by atoms with Crippen LogP contribution in [0.4, 0.5) is 5.69 Å². The van der Waals surface area contributed by atoms with Crippen molar-refractivity contribution in [3.8, 4) is 5.75 Å². The Hall–Kier alpha value is -2.27. The number of amides is 1. The molecule has 0 aliphatic carbocycles. The second kappa shape index (κ2) is 9.09. The molecule has 1 N–H and O–H groups in total. The van der Waals surface area contributed by atoms with Crippen LogP contribution in [0.3, 0.4) is 0 Å². The van der Waals surface area contributed by atoms with E-state index in [4.69, 9.17) is 27.9 Å². The number of benzene rings is 2. The van der Waals surface area contributed by atoms with E-state index in [1.54, 1.807) is 18.2 Å². The molecule has 1 aromatic heterocycles. The van der Waals surface area contributed by atoms with Gasteiger partial charge in [-0.15, -0.1) is 11.3 Å². The van der Waals surface area contributed by atoms with Crippen molar-refractivity contribution >= 4 is 52.2 Å². The zero-order chi connectivity index (χ0) is 19.2. The van der Waals surface area contributed by atoms with E-state index in [-0.39, 0.29) is 5.91 Å². The summed E-state index contributed by atoms with van der Waals surface area (Å²) in [5.41, 5.74) is 2.48. The summed E-state index contributed by atoms with van der Waals surface area (Å²) in [5.74, 6) is 0.588. The van der Waals surface area contributed by atoms with Crippen molar-refractivity contribution in [2.24, 2.45) is 0 Å². The van der Waals surface area contributed by atoms with Crippen LogP contribution in [-0.2, 0) is 6.61 Å². The molecule has 0 radical (unpaired) electrons. The summed E-state index contributed by atoms with van der Waals surface area (Å²) < 4.78 is 5.91. The Kier molecular flexibility index (Phi) is 6.56. The summed E-state index contributed by atoms with van der Waals surface area (Å²) in [7, 11) is 0. The lowest BCUT2D eigenvalue weighted by Crippen LogP contribution is -2.10. The Morgan fingerprint density at radius 3 is 2.78 bits per heavy atom. The summed E-state index contributed by atoms with van der Waals surface area (Å²) in [6, 6.07) is 14.6. The molecule has 138 valence electrons. The van der Waals surface area contributed by atoms with E-state index in [0.29, 0.717) is 27.2 Å². The Bertz CT molecular complexity index is 982. The highest BCUT2D eigenvalue weighted by Crippen LogP contribution is 2.27. The third-order valence-corrected chi connectivity index (χ3v) is 5.24. The number of rotatable bonds is 6. The molecule has 0 fully saturated rings. The van der Waals surface area contributed by atoms with Crippen LogP contribution in [0, 0.1) is 0 Å². The molecule has 0 saturated carbocycles. The van der Waals surface area contributed by atoms with Crippen molar-refractivity contribution in [3.63, 3.8) is 0 Å². The molecule has 27 heavy (non-hydrogen) atoms. The van der Waals surface area contributed by atoms with Crippen LogP contribution < -0.4 is 10.1 Å². The van der Waals surface area contributed by atoms with Crippen LogP contribution in [0.15, 0.2) is 60.0 Å². The number of hydrogen-bond donors (Lipinski definition) is 1. The maximum atomic E-state index is 12.4. The second-order valence-electron chi connectivity index (χ2n) is 5.72. The molecule has 6 heteroatoms. The van der Waals surface area contributed by atoms with Crippen molar-refractivity contribution in [2.45, 2.75) is 13.5 Å². The molecule has 0 aliphatic heterocycles. The van der Waals surface area contributed by atoms with Gasteiger partial charge in [0.1, 0.15) is 12.4 Å². The number of para-hydroxylation sites is 1. The van der Waals surface area contributed by atoms with Gasteiger partial charge in [-0.05, 0) is 42.6 Å². The first-order valence-corrected chi connectivity index (χ1v) is 9.88. The normalized spacial score (nSPS) is 10.9. The van der Waals surface area contributed by atoms with Crippen molar-refractivity contribution in [1.82, 2.24) is 0 Å². The largest absolute Gasteiger partial charge is 0.488 e. The maximum Gasteiger partial charge on any atom is 0.265 e. The Balaban J connectivity index is 1.65. The molecule has 0 atom stereocenters. The molecule has 2 aromatic carbocycles. The predicted octanol–water partition coefficient (Wildman–Crippen LogP) is 6.92. The third-order valence-electron chi connectivity index (χ3n) is 3.72. The van der Waals surface area contributed by atoms with Crippen molar-refractivity contribution < 1.29 is 9.53 Å². The standard InChI is InChI=1S/C21H17Cl2NO2S/c1-2-5-15-6-3-4-7-19(15)26-12-14-10-20(27-13-14)21(25)24-18-9-8-16(22)11-17(18)23/h2-11,13H,12H2,1H3,(H,24,25)/b5-2+. The van der Waals surface area contributed by atoms with Gasteiger partial charge in [0.05, 0.1) is 15.6 Å². The number of halogens is 2. The van der Waals surface area contributed by atoms with Crippen molar-refractivity contribution in [1.29, 1.82) is 0 Å². The van der Waals surface area contributed by atoms with Gasteiger partial charge >= 0.3 is 0 Å². The molecular weight excluding hydrogens is 401 g/mol. The van der Waals surface area contributed by atoms with E-state index >= 15 is 0 Å². The number of hydrogen-bond acceptors (Lipinski definition) is 3. The maximum absolute atomic E-state index is 12.4. The smallest absolute Gasteiger partial charge is 0.265 e. The fourth-order valence-electron chi connectivity index (χ4n) is 2.44. The van der Waals surface area contributed by atoms with E-state index in [0.717, 1.165) is 16.9 Å². The minimum absolute atomic E-state index is 0.218. The molecule has 3 nitrogen and oxygen atoms in total. The van der Waals surface area contributed by atoms with Gasteiger partial charge in [0.15, 0.2) is 0 Å². The minimum Gasteiger partial charge on any atom is -0.488 e. The SMILES string of the molecule is C/C=C/c1ccccc1OCc1csc(C(=O)Nc2ccc(Cl)cc2Cl)c1. The molecule has 0 spiro atoms. The fourth-order valence-corrected chi connectivity index (χ4v) is 3.68. The predicted molar refractivity (Wildman–Crippen MR) is 114 cm³/mol. The first kappa shape index (κ1) is 19.5. The Morgan fingerprint density at radius 1 is 1.19 bits per heavy atom. The Labute approximate surface area is 172 Å². The lowest BCUT2D eigenvalue weighted by atomic mass is 10.2. The topological polar surface area (TPSA) is 38.3 Å². The second-order valence-corrected chi connectivity index (χ2v) is 7.48. The monoisotopic (exact) mass is 417 g/mol. The number of anilines is 1. The number of ether oxygens (including phenoxy) is 1. The fraction of sp³-hybridized carbons (Fsp3) is 0.0952. The van der Waals surface area contributed by atoms with E-state index in [1.165, 1.54) is 11.3 Å². The average molecular weight is 418 g/mol. The van der Waals surface area contributed by atoms with Gasteiger partial charge in [0, 0.05) is 16.1 Å². The van der Waals surface area contributed by atoms with Crippen molar-refractivity contribution in [2.75, 3.05) is 5.32 Å². The summed E-state index contributed by atoms with van der Waals surface area (Å²) >= 11 is 13.3. The van der Waals surface area contributed by atoms with Gasteiger partial charge in [0.25, 0.3) is 5.91 Å². The van der Waals surface area contributed by atoms with Gasteiger partial charge in [-0.1, -0.05) is 53.6 Å². The number of thiophene rings is 1. The van der Waals surface area contributed by atoms with Crippen LogP contribution in [0.1, 0.15) is 27.7 Å². The minimum atomic E-state index is -0.218. The highest BCUT2D eigenvalue weighted by molar-refractivity contribution is 7.12. The van der Waals surface area contributed by atoms with Crippen LogP contribution in [0.2, 0.25) is 10.0 Å². The summed E-state index contributed by atoms with van der Waals surface area (Å²) in [4.78, 5) is 13.0. The number of carbonyl (C=O) groups is 1. The lowest BCUT2D eigenvalue weighted by Gasteiger charge is -2.08. The molecule has 1 amide bonds. The summed E-state index contributed by atoms with van der Waals surface area (Å²) in [5, 5.41) is 5.63. The first-order valence-electron chi connectivity index (χ1n) is 8.25. The van der Waals surface area contributed by atoms with E-state index < -0.39 is 0 Å². The van der Waals surface area contributed by atoms with Crippen LogP contribution in [-0.4, -0.2) is 5.91 Å². The van der Waals surface area contributed by atoms with Gasteiger partial charge in [-0.3, -0.25) is 4.79 Å². The molecule has 1 heterocycles. The molecule has 0 bridgehead atoms. The molecule has 0 aliphatic rings. The number of carbonyl (C=O) groups excluding carboxylic acids is 1. The highest BCUT2D eigenvalue weighted by atomic mass is 35.5. The molecule has 0 unspecified atom stereocenters.